The van der Waals surface area contributed by atoms with Gasteiger partial charge in [-0.3, -0.25) is 4.79 Å². The average Bonchev–Trinajstić information content (AvgIpc) is 2.39. The van der Waals surface area contributed by atoms with Gasteiger partial charge in [-0.15, -0.1) is 12.4 Å². The molecule has 0 saturated carbocycles. The number of nitrogens with zero attached hydrogens (tertiary/aromatic N) is 1. The van der Waals surface area contributed by atoms with E-state index in [2.05, 4.69) is 31.2 Å². The van der Waals surface area contributed by atoms with Crippen molar-refractivity contribution in [2.24, 2.45) is 5.73 Å². The van der Waals surface area contributed by atoms with Gasteiger partial charge in [-0.2, -0.15) is 0 Å². The first-order chi connectivity index (χ1) is 8.59. The van der Waals surface area contributed by atoms with Crippen LogP contribution in [-0.2, 0) is 4.79 Å². The molecule has 1 aliphatic heterocycles. The molecular weight excluding hydrogens is 260 g/mol. The van der Waals surface area contributed by atoms with E-state index in [1.54, 1.807) is 6.92 Å². The Morgan fingerprint density at radius 3 is 2.53 bits per heavy atom. The van der Waals surface area contributed by atoms with E-state index < -0.39 is 6.04 Å². The number of rotatable bonds is 2. The molecule has 1 fully saturated rings. The Hall–Kier alpha value is -1.06. The molecule has 0 bridgehead atoms. The Morgan fingerprint density at radius 1 is 1.32 bits per heavy atom. The van der Waals surface area contributed by atoms with Crippen molar-refractivity contribution in [2.75, 3.05) is 6.54 Å². The molecule has 2 N–H and O–H groups in total. The lowest BCUT2D eigenvalue weighted by atomic mass is 9.94. The van der Waals surface area contributed by atoms with Gasteiger partial charge in [0, 0.05) is 6.54 Å². The largest absolute Gasteiger partial charge is 0.334 e. The number of likely N-dealkylation sites (tertiary alicyclic amines) is 1. The van der Waals surface area contributed by atoms with E-state index in [9.17, 15) is 4.79 Å². The molecule has 0 spiro atoms. The van der Waals surface area contributed by atoms with Gasteiger partial charge in [0.25, 0.3) is 0 Å². The number of halogens is 1. The SMILES string of the molecule is Cc1ccc(C2CCCCN2C(=O)[C@H](C)N)cc1.Cl. The molecule has 1 unspecified atom stereocenters. The quantitative estimate of drug-likeness (QED) is 0.907. The van der Waals surface area contributed by atoms with Crippen LogP contribution in [0.5, 0.6) is 0 Å². The maximum Gasteiger partial charge on any atom is 0.239 e. The van der Waals surface area contributed by atoms with E-state index >= 15 is 0 Å². The van der Waals surface area contributed by atoms with Crippen LogP contribution in [0.1, 0.15) is 43.4 Å². The van der Waals surface area contributed by atoms with Gasteiger partial charge in [0.05, 0.1) is 12.1 Å². The highest BCUT2D eigenvalue weighted by atomic mass is 35.5. The van der Waals surface area contributed by atoms with Crippen LogP contribution in [-0.4, -0.2) is 23.4 Å². The highest BCUT2D eigenvalue weighted by Crippen LogP contribution is 2.31. The van der Waals surface area contributed by atoms with Gasteiger partial charge in [0.1, 0.15) is 0 Å². The van der Waals surface area contributed by atoms with Crippen LogP contribution >= 0.6 is 12.4 Å². The van der Waals surface area contributed by atoms with E-state index in [4.69, 9.17) is 5.73 Å². The normalized spacial score (nSPS) is 20.6. The van der Waals surface area contributed by atoms with E-state index in [0.29, 0.717) is 0 Å². The van der Waals surface area contributed by atoms with Gasteiger partial charge >= 0.3 is 0 Å². The van der Waals surface area contributed by atoms with Crippen molar-refractivity contribution >= 4 is 18.3 Å². The van der Waals surface area contributed by atoms with E-state index in [0.717, 1.165) is 19.4 Å². The molecule has 1 heterocycles. The topological polar surface area (TPSA) is 46.3 Å². The summed E-state index contributed by atoms with van der Waals surface area (Å²) in [5, 5.41) is 0. The predicted octanol–water partition coefficient (Wildman–Crippen LogP) is 2.82. The van der Waals surface area contributed by atoms with Gasteiger partial charge in [-0.25, -0.2) is 0 Å². The summed E-state index contributed by atoms with van der Waals surface area (Å²) >= 11 is 0. The van der Waals surface area contributed by atoms with Crippen molar-refractivity contribution in [2.45, 2.75) is 45.2 Å². The average molecular weight is 283 g/mol. The minimum Gasteiger partial charge on any atom is -0.334 e. The summed E-state index contributed by atoms with van der Waals surface area (Å²) in [6.45, 7) is 4.68. The third-order valence-electron chi connectivity index (χ3n) is 3.64. The summed E-state index contributed by atoms with van der Waals surface area (Å²) in [6.07, 6.45) is 3.31. The van der Waals surface area contributed by atoms with E-state index in [1.807, 2.05) is 4.90 Å². The second-order valence-corrected chi connectivity index (χ2v) is 5.24. The van der Waals surface area contributed by atoms with Gasteiger partial charge in [-0.05, 0) is 38.7 Å². The summed E-state index contributed by atoms with van der Waals surface area (Å²) in [5.41, 5.74) is 8.22. The first-order valence-corrected chi connectivity index (χ1v) is 6.72. The number of piperidine rings is 1. The van der Waals surface area contributed by atoms with Crippen molar-refractivity contribution in [1.29, 1.82) is 0 Å². The summed E-state index contributed by atoms with van der Waals surface area (Å²) in [4.78, 5) is 14.1. The lowest BCUT2D eigenvalue weighted by molar-refractivity contribution is -0.136. The minimum absolute atomic E-state index is 0. The van der Waals surface area contributed by atoms with Gasteiger partial charge < -0.3 is 10.6 Å². The van der Waals surface area contributed by atoms with Crippen molar-refractivity contribution in [3.05, 3.63) is 35.4 Å². The fraction of sp³-hybridized carbons (Fsp3) is 0.533. The molecule has 19 heavy (non-hydrogen) atoms. The summed E-state index contributed by atoms with van der Waals surface area (Å²) < 4.78 is 0. The Morgan fingerprint density at radius 2 is 1.95 bits per heavy atom. The van der Waals surface area contributed by atoms with Crippen LogP contribution in [0.4, 0.5) is 0 Å². The van der Waals surface area contributed by atoms with Crippen LogP contribution in [0.15, 0.2) is 24.3 Å². The van der Waals surface area contributed by atoms with Crippen molar-refractivity contribution in [3.8, 4) is 0 Å². The third-order valence-corrected chi connectivity index (χ3v) is 3.64. The molecule has 1 amide bonds. The second kappa shape index (κ2) is 6.92. The Kier molecular flexibility index (Phi) is 5.83. The smallest absolute Gasteiger partial charge is 0.239 e. The monoisotopic (exact) mass is 282 g/mol. The fourth-order valence-corrected chi connectivity index (χ4v) is 2.59. The number of benzene rings is 1. The predicted molar refractivity (Wildman–Crippen MR) is 80.4 cm³/mol. The molecule has 0 aromatic heterocycles. The highest BCUT2D eigenvalue weighted by Gasteiger charge is 2.29. The van der Waals surface area contributed by atoms with Crippen LogP contribution in [0.3, 0.4) is 0 Å². The lowest BCUT2D eigenvalue weighted by Crippen LogP contribution is -2.46. The number of hydrogen-bond acceptors (Lipinski definition) is 2. The zero-order chi connectivity index (χ0) is 13.1. The molecule has 3 nitrogen and oxygen atoms in total. The zero-order valence-corrected chi connectivity index (χ0v) is 12.5. The zero-order valence-electron chi connectivity index (χ0n) is 11.6. The highest BCUT2D eigenvalue weighted by molar-refractivity contribution is 5.85. The van der Waals surface area contributed by atoms with Crippen molar-refractivity contribution in [1.82, 2.24) is 4.90 Å². The van der Waals surface area contributed by atoms with Gasteiger partial charge in [-0.1, -0.05) is 29.8 Å². The number of carbonyl (C=O) groups is 1. The second-order valence-electron chi connectivity index (χ2n) is 5.24. The molecular formula is C15H23ClN2O. The number of amides is 1. The summed E-state index contributed by atoms with van der Waals surface area (Å²) in [6, 6.07) is 8.28. The standard InChI is InChI=1S/C15H22N2O.ClH/c1-11-6-8-13(9-7-11)14-5-3-4-10-17(14)15(18)12(2)16;/h6-9,12,14H,3-5,10,16H2,1-2H3;1H/t12-,14?;/m0./s1. The molecule has 0 radical (unpaired) electrons. The maximum atomic E-state index is 12.1. The van der Waals surface area contributed by atoms with Crippen molar-refractivity contribution in [3.63, 3.8) is 0 Å². The van der Waals surface area contributed by atoms with Crippen LogP contribution in [0.2, 0.25) is 0 Å². The molecule has 106 valence electrons. The molecule has 2 rings (SSSR count). The van der Waals surface area contributed by atoms with E-state index in [-0.39, 0.29) is 24.4 Å². The van der Waals surface area contributed by atoms with Gasteiger partial charge in [0.15, 0.2) is 0 Å². The summed E-state index contributed by atoms with van der Waals surface area (Å²) in [7, 11) is 0. The number of aryl methyl sites for hydroxylation is 1. The Balaban J connectivity index is 0.00000180. The maximum absolute atomic E-state index is 12.1. The van der Waals surface area contributed by atoms with Crippen LogP contribution < -0.4 is 5.73 Å². The first kappa shape index (κ1) is 16.0. The molecule has 1 aromatic carbocycles. The van der Waals surface area contributed by atoms with E-state index in [1.165, 1.54) is 17.5 Å². The Bertz CT molecular complexity index is 417. The molecule has 0 aliphatic carbocycles. The third kappa shape index (κ3) is 3.71. The van der Waals surface area contributed by atoms with Gasteiger partial charge in [0.2, 0.25) is 5.91 Å². The molecule has 2 atom stereocenters. The number of nitrogens with two attached hydrogens (primary N) is 1. The molecule has 1 aliphatic rings. The summed E-state index contributed by atoms with van der Waals surface area (Å²) in [5.74, 6) is 0.0697. The molecule has 4 heteroatoms. The van der Waals surface area contributed by atoms with Crippen molar-refractivity contribution < 1.29 is 4.79 Å². The first-order valence-electron chi connectivity index (χ1n) is 6.72. The van der Waals surface area contributed by atoms with Crippen LogP contribution in [0, 0.1) is 6.92 Å². The molecule has 1 aromatic rings. The molecule has 1 saturated heterocycles. The minimum atomic E-state index is -0.406. The lowest BCUT2D eigenvalue weighted by Gasteiger charge is -2.37. The Labute approximate surface area is 121 Å². The number of carbonyl (C=O) groups excluding carboxylic acids is 1. The fourth-order valence-electron chi connectivity index (χ4n) is 2.59. The van der Waals surface area contributed by atoms with Crippen LogP contribution in [0.25, 0.3) is 0 Å². The number of hydrogen-bond donors (Lipinski definition) is 1.